The van der Waals surface area contributed by atoms with Crippen molar-refractivity contribution >= 4 is 39.3 Å². The quantitative estimate of drug-likeness (QED) is 0.500. The zero-order valence-corrected chi connectivity index (χ0v) is 17.6. The Morgan fingerprint density at radius 3 is 2.55 bits per heavy atom. The van der Waals surface area contributed by atoms with Crippen LogP contribution in [0.1, 0.15) is 10.5 Å². The summed E-state index contributed by atoms with van der Waals surface area (Å²) in [7, 11) is 1.76. The van der Waals surface area contributed by atoms with E-state index in [0.717, 1.165) is 4.57 Å². The van der Waals surface area contributed by atoms with Crippen LogP contribution in [0, 0.1) is 0 Å². The van der Waals surface area contributed by atoms with Gasteiger partial charge in [-0.15, -0.1) is 0 Å². The highest BCUT2D eigenvalue weighted by Crippen LogP contribution is 2.31. The van der Waals surface area contributed by atoms with Gasteiger partial charge in [0.05, 0.1) is 22.1 Å². The summed E-state index contributed by atoms with van der Waals surface area (Å²) < 4.78 is 2.78. The zero-order chi connectivity index (χ0) is 21.7. The fraction of sp³-hybridized carbons (Fsp3) is 0.227. The number of para-hydroxylation sites is 1. The van der Waals surface area contributed by atoms with Crippen molar-refractivity contribution in [3.05, 3.63) is 74.0 Å². The van der Waals surface area contributed by atoms with E-state index in [-0.39, 0.29) is 17.3 Å². The van der Waals surface area contributed by atoms with Gasteiger partial charge in [-0.05, 0) is 30.3 Å². The molecule has 1 fully saturated rings. The Balaban J connectivity index is 1.88. The van der Waals surface area contributed by atoms with Crippen molar-refractivity contribution in [1.29, 1.82) is 0 Å². The van der Waals surface area contributed by atoms with E-state index in [0.29, 0.717) is 53.0 Å². The third kappa shape index (κ3) is 3.07. The molecule has 0 atom stereocenters. The van der Waals surface area contributed by atoms with Gasteiger partial charge in [0.1, 0.15) is 5.69 Å². The van der Waals surface area contributed by atoms with Gasteiger partial charge >= 0.3 is 5.69 Å². The van der Waals surface area contributed by atoms with Gasteiger partial charge in [0.2, 0.25) is 0 Å². The second kappa shape index (κ2) is 7.40. The van der Waals surface area contributed by atoms with E-state index < -0.39 is 11.2 Å². The maximum absolute atomic E-state index is 13.6. The normalized spacial score (nSPS) is 14.5. The van der Waals surface area contributed by atoms with Gasteiger partial charge in [0.15, 0.2) is 0 Å². The Morgan fingerprint density at radius 1 is 1.03 bits per heavy atom. The fourth-order valence-corrected chi connectivity index (χ4v) is 4.42. The summed E-state index contributed by atoms with van der Waals surface area (Å²) in [6.07, 6.45) is 0. The van der Waals surface area contributed by atoms with E-state index in [1.165, 1.54) is 0 Å². The first-order valence-corrected chi connectivity index (χ1v) is 10.4. The number of aryl methyl sites for hydroxylation is 1. The molecule has 0 unspecified atom stereocenters. The Bertz CT molecular complexity index is 1460. The van der Waals surface area contributed by atoms with E-state index in [1.54, 1.807) is 59.0 Å². The van der Waals surface area contributed by atoms with Crippen LogP contribution in [0.25, 0.3) is 27.5 Å². The standard InChI is InChI=1S/C22H20ClN5O3/c1-26-17-7-6-13(23)12-15(17)18(19(26)21(30)27-10-8-24-9-11-27)28-20(29)14-4-2-3-5-16(14)25-22(28)31/h2-7,12,24H,8-11H2,1H3,(H,25,31). The van der Waals surface area contributed by atoms with E-state index in [2.05, 4.69) is 10.3 Å². The predicted molar refractivity (Wildman–Crippen MR) is 120 cm³/mol. The maximum Gasteiger partial charge on any atom is 0.333 e. The summed E-state index contributed by atoms with van der Waals surface area (Å²) in [6.45, 7) is 2.47. The van der Waals surface area contributed by atoms with Gasteiger partial charge in [0, 0.05) is 43.6 Å². The number of rotatable bonds is 2. The number of halogens is 1. The molecule has 158 valence electrons. The molecule has 0 bridgehead atoms. The fourth-order valence-electron chi connectivity index (χ4n) is 4.25. The number of carbonyl (C=O) groups is 1. The molecule has 3 heterocycles. The number of hydrogen-bond acceptors (Lipinski definition) is 4. The molecule has 31 heavy (non-hydrogen) atoms. The van der Waals surface area contributed by atoms with Gasteiger partial charge in [-0.25, -0.2) is 9.36 Å². The molecule has 1 aliphatic heterocycles. The molecule has 5 rings (SSSR count). The number of hydrogen-bond donors (Lipinski definition) is 2. The number of nitrogens with zero attached hydrogens (tertiary/aromatic N) is 3. The summed E-state index contributed by atoms with van der Waals surface area (Å²) in [5.41, 5.74) is 0.591. The first-order chi connectivity index (χ1) is 15.0. The minimum Gasteiger partial charge on any atom is -0.338 e. The van der Waals surface area contributed by atoms with E-state index >= 15 is 0 Å². The Kier molecular flexibility index (Phi) is 4.68. The lowest BCUT2D eigenvalue weighted by atomic mass is 10.2. The summed E-state index contributed by atoms with van der Waals surface area (Å²) >= 11 is 6.26. The molecule has 1 amide bonds. The number of amides is 1. The highest BCUT2D eigenvalue weighted by Gasteiger charge is 2.29. The predicted octanol–water partition coefficient (Wildman–Crippen LogP) is 1.87. The first kappa shape index (κ1) is 19.6. The average molecular weight is 438 g/mol. The Morgan fingerprint density at radius 2 is 1.77 bits per heavy atom. The number of H-pyrrole nitrogens is 1. The number of fused-ring (bicyclic) bond motifs is 2. The lowest BCUT2D eigenvalue weighted by molar-refractivity contribution is 0.0726. The van der Waals surface area contributed by atoms with Crippen LogP contribution < -0.4 is 16.6 Å². The van der Waals surface area contributed by atoms with Crippen molar-refractivity contribution in [2.24, 2.45) is 7.05 Å². The van der Waals surface area contributed by atoms with Crippen LogP contribution in [0.5, 0.6) is 0 Å². The third-order valence-electron chi connectivity index (χ3n) is 5.77. The van der Waals surface area contributed by atoms with Crippen LogP contribution in [0.4, 0.5) is 0 Å². The topological polar surface area (TPSA) is 92.1 Å². The van der Waals surface area contributed by atoms with Crippen LogP contribution >= 0.6 is 11.6 Å². The number of aromatic amines is 1. The molecule has 0 radical (unpaired) electrons. The van der Waals surface area contributed by atoms with Crippen LogP contribution in [0.2, 0.25) is 5.02 Å². The molecule has 9 heteroatoms. The lowest BCUT2D eigenvalue weighted by Gasteiger charge is -2.28. The largest absolute Gasteiger partial charge is 0.338 e. The van der Waals surface area contributed by atoms with Gasteiger partial charge in [0.25, 0.3) is 11.5 Å². The van der Waals surface area contributed by atoms with Gasteiger partial charge in [-0.1, -0.05) is 23.7 Å². The first-order valence-electron chi connectivity index (χ1n) is 10.00. The summed E-state index contributed by atoms with van der Waals surface area (Å²) in [6, 6.07) is 12.0. The van der Waals surface area contributed by atoms with Crippen molar-refractivity contribution in [1.82, 2.24) is 24.3 Å². The van der Waals surface area contributed by atoms with Crippen LogP contribution in [-0.2, 0) is 7.05 Å². The maximum atomic E-state index is 13.6. The molecular formula is C22H20ClN5O3. The minimum atomic E-state index is -0.606. The second-order valence-electron chi connectivity index (χ2n) is 7.58. The lowest BCUT2D eigenvalue weighted by Crippen LogP contribution is -2.47. The average Bonchev–Trinajstić information content (AvgIpc) is 3.05. The number of nitrogens with one attached hydrogen (secondary N) is 2. The Labute approximate surface area is 181 Å². The van der Waals surface area contributed by atoms with Crippen molar-refractivity contribution < 1.29 is 4.79 Å². The van der Waals surface area contributed by atoms with Gasteiger partial charge < -0.3 is 19.8 Å². The molecule has 1 aliphatic rings. The summed E-state index contributed by atoms with van der Waals surface area (Å²) in [5, 5.41) is 4.60. The molecule has 4 aromatic rings. The number of carbonyl (C=O) groups excluding carboxylic acids is 1. The Hall–Kier alpha value is -3.36. The molecule has 2 N–H and O–H groups in total. The van der Waals surface area contributed by atoms with Gasteiger partial charge in [-0.3, -0.25) is 9.59 Å². The van der Waals surface area contributed by atoms with Crippen LogP contribution in [-0.4, -0.2) is 51.1 Å². The minimum absolute atomic E-state index is 0.231. The SMILES string of the molecule is Cn1c(C(=O)N2CCNCC2)c(-n2c(=O)[nH]c3ccccc3c2=O)c2cc(Cl)ccc21. The number of benzene rings is 2. The van der Waals surface area contributed by atoms with Crippen LogP contribution in [0.3, 0.4) is 0 Å². The molecule has 8 nitrogen and oxygen atoms in total. The smallest absolute Gasteiger partial charge is 0.333 e. The van der Waals surface area contributed by atoms with E-state index in [1.807, 2.05) is 0 Å². The summed E-state index contributed by atoms with van der Waals surface area (Å²) in [5.74, 6) is -0.231. The highest BCUT2D eigenvalue weighted by atomic mass is 35.5. The number of aromatic nitrogens is 3. The van der Waals surface area contributed by atoms with Crippen molar-refractivity contribution in [3.63, 3.8) is 0 Å². The summed E-state index contributed by atoms with van der Waals surface area (Å²) in [4.78, 5) is 44.5. The third-order valence-corrected chi connectivity index (χ3v) is 6.01. The van der Waals surface area contributed by atoms with E-state index in [4.69, 9.17) is 11.6 Å². The van der Waals surface area contributed by atoms with E-state index in [9.17, 15) is 14.4 Å². The highest BCUT2D eigenvalue weighted by molar-refractivity contribution is 6.31. The van der Waals surface area contributed by atoms with Crippen molar-refractivity contribution in [2.75, 3.05) is 26.2 Å². The molecule has 2 aromatic heterocycles. The zero-order valence-electron chi connectivity index (χ0n) is 16.8. The van der Waals surface area contributed by atoms with Gasteiger partial charge in [-0.2, -0.15) is 0 Å². The monoisotopic (exact) mass is 437 g/mol. The van der Waals surface area contributed by atoms with Crippen molar-refractivity contribution in [2.45, 2.75) is 0 Å². The molecular weight excluding hydrogens is 418 g/mol. The molecule has 0 aliphatic carbocycles. The van der Waals surface area contributed by atoms with Crippen LogP contribution in [0.15, 0.2) is 52.1 Å². The van der Waals surface area contributed by atoms with Crippen molar-refractivity contribution in [3.8, 4) is 5.69 Å². The molecule has 0 spiro atoms. The molecule has 0 saturated carbocycles. The second-order valence-corrected chi connectivity index (χ2v) is 8.01. The molecule has 2 aromatic carbocycles. The number of piperazine rings is 1. The molecule has 1 saturated heterocycles.